The molecule has 2 aliphatic carbocycles. The molecule has 0 bridgehead atoms. The number of fused-ring (bicyclic) bond motifs is 1. The third-order valence-electron chi connectivity index (χ3n) is 6.56. The molecule has 138 valence electrons. The minimum absolute atomic E-state index is 0.605. The van der Waals surface area contributed by atoms with Crippen molar-refractivity contribution in [3.8, 4) is 11.8 Å². The smallest absolute Gasteiger partial charge is 0.0621 e. The van der Waals surface area contributed by atoms with Gasteiger partial charge >= 0.3 is 0 Å². The maximum Gasteiger partial charge on any atom is 0.0621 e. The molecule has 3 heteroatoms. The van der Waals surface area contributed by atoms with E-state index >= 15 is 0 Å². The molecule has 1 saturated carbocycles. The van der Waals surface area contributed by atoms with E-state index in [1.807, 2.05) is 18.2 Å². The third-order valence-corrected chi connectivity index (χ3v) is 7.19. The highest BCUT2D eigenvalue weighted by Gasteiger charge is 2.52. The van der Waals surface area contributed by atoms with Crippen molar-refractivity contribution >= 4 is 23.2 Å². The lowest BCUT2D eigenvalue weighted by molar-refractivity contribution is -0.109. The Hall–Kier alpha value is -1.46. The average molecular weight is 396 g/mol. The van der Waals surface area contributed by atoms with Crippen molar-refractivity contribution in [1.29, 1.82) is 0 Å². The zero-order chi connectivity index (χ0) is 18.6. The molecule has 1 unspecified atom stereocenters. The lowest BCUT2D eigenvalue weighted by atomic mass is 9.58. The second-order valence-corrected chi connectivity index (χ2v) is 9.55. The van der Waals surface area contributed by atoms with Crippen LogP contribution in [0.5, 0.6) is 0 Å². The Balaban J connectivity index is 1.33. The van der Waals surface area contributed by atoms with Gasteiger partial charge in [-0.1, -0.05) is 54.1 Å². The van der Waals surface area contributed by atoms with Crippen LogP contribution in [0.1, 0.15) is 54.5 Å². The Labute approximate surface area is 171 Å². The molecular weight excluding hydrogens is 373 g/mol. The molecule has 2 fully saturated rings. The van der Waals surface area contributed by atoms with E-state index < -0.39 is 0 Å². The lowest BCUT2D eigenvalue weighted by Crippen LogP contribution is -2.62. The molecule has 1 atom stereocenters. The van der Waals surface area contributed by atoms with Crippen molar-refractivity contribution in [2.75, 3.05) is 13.1 Å². The van der Waals surface area contributed by atoms with E-state index in [1.54, 1.807) is 0 Å². The molecule has 2 aromatic carbocycles. The summed E-state index contributed by atoms with van der Waals surface area (Å²) in [6.07, 6.45) is 5.26. The normalized spacial score (nSPS) is 23.3. The van der Waals surface area contributed by atoms with Gasteiger partial charge in [0.15, 0.2) is 0 Å². The summed E-state index contributed by atoms with van der Waals surface area (Å²) < 4.78 is 0. The Morgan fingerprint density at radius 2 is 1.78 bits per heavy atom. The first-order valence-corrected chi connectivity index (χ1v) is 10.6. The summed E-state index contributed by atoms with van der Waals surface area (Å²) in [4.78, 5) is 2.70. The maximum absolute atomic E-state index is 6.22. The number of likely N-dealkylation sites (tertiary alicyclic amines) is 1. The standard InChI is InChI=1S/C24H23Cl2N/c1-16-12-24(13-16)14-27(15-24)23-10-7-18-11-17(5-8-19(18)23)6-9-20-21(25)3-2-4-22(20)26/h2-5,8,11,16,23H,7,10,12-15H2,1H3. The summed E-state index contributed by atoms with van der Waals surface area (Å²) >= 11 is 12.4. The minimum Gasteiger partial charge on any atom is -0.295 e. The summed E-state index contributed by atoms with van der Waals surface area (Å²) in [5.74, 6) is 7.34. The largest absolute Gasteiger partial charge is 0.295 e. The van der Waals surface area contributed by atoms with Crippen molar-refractivity contribution < 1.29 is 0 Å². The Bertz CT molecular complexity index is 934. The summed E-state index contributed by atoms with van der Waals surface area (Å²) in [7, 11) is 0. The van der Waals surface area contributed by atoms with Gasteiger partial charge in [0.2, 0.25) is 0 Å². The Kier molecular flexibility index (Phi) is 4.28. The van der Waals surface area contributed by atoms with Gasteiger partial charge in [-0.25, -0.2) is 0 Å². The Morgan fingerprint density at radius 1 is 1.04 bits per heavy atom. The topological polar surface area (TPSA) is 3.24 Å². The molecule has 0 aromatic heterocycles. The first-order chi connectivity index (χ1) is 13.0. The molecule has 1 saturated heterocycles. The minimum atomic E-state index is 0.605. The average Bonchev–Trinajstić information content (AvgIpc) is 2.99. The van der Waals surface area contributed by atoms with Crippen LogP contribution in [0.4, 0.5) is 0 Å². The van der Waals surface area contributed by atoms with Gasteiger partial charge in [0.1, 0.15) is 0 Å². The predicted molar refractivity (Wildman–Crippen MR) is 112 cm³/mol. The number of rotatable bonds is 1. The molecule has 5 rings (SSSR count). The van der Waals surface area contributed by atoms with Crippen molar-refractivity contribution in [2.24, 2.45) is 11.3 Å². The fourth-order valence-corrected chi connectivity index (χ4v) is 6.01. The van der Waals surface area contributed by atoms with E-state index in [9.17, 15) is 0 Å². The molecule has 2 aromatic rings. The molecule has 1 nitrogen and oxygen atoms in total. The van der Waals surface area contributed by atoms with Gasteiger partial charge in [-0.15, -0.1) is 0 Å². The van der Waals surface area contributed by atoms with Gasteiger partial charge in [0.25, 0.3) is 0 Å². The van der Waals surface area contributed by atoms with E-state index in [-0.39, 0.29) is 0 Å². The van der Waals surface area contributed by atoms with Crippen molar-refractivity contribution in [3.63, 3.8) is 0 Å². The van der Waals surface area contributed by atoms with Crippen LogP contribution in [0, 0.1) is 23.2 Å². The van der Waals surface area contributed by atoms with Crippen molar-refractivity contribution in [3.05, 3.63) is 68.7 Å². The van der Waals surface area contributed by atoms with Crippen LogP contribution >= 0.6 is 23.2 Å². The van der Waals surface area contributed by atoms with Gasteiger partial charge < -0.3 is 0 Å². The number of nitrogens with zero attached hydrogens (tertiary/aromatic N) is 1. The van der Waals surface area contributed by atoms with E-state index in [0.29, 0.717) is 27.1 Å². The lowest BCUT2D eigenvalue weighted by Gasteiger charge is -2.60. The van der Waals surface area contributed by atoms with Gasteiger partial charge in [-0.3, -0.25) is 4.90 Å². The first kappa shape index (κ1) is 17.6. The SMILES string of the molecule is CC1CC2(C1)CN(C1CCc3cc(C#Cc4c(Cl)cccc4Cl)ccc31)C2. The van der Waals surface area contributed by atoms with Gasteiger partial charge in [-0.05, 0) is 72.4 Å². The van der Waals surface area contributed by atoms with Crippen LogP contribution in [0.15, 0.2) is 36.4 Å². The number of hydrogen-bond donors (Lipinski definition) is 0. The zero-order valence-electron chi connectivity index (χ0n) is 15.6. The zero-order valence-corrected chi connectivity index (χ0v) is 17.1. The van der Waals surface area contributed by atoms with Crippen LogP contribution < -0.4 is 0 Å². The number of benzene rings is 2. The third kappa shape index (κ3) is 3.09. The van der Waals surface area contributed by atoms with E-state index in [1.165, 1.54) is 43.5 Å². The molecule has 27 heavy (non-hydrogen) atoms. The highest BCUT2D eigenvalue weighted by molar-refractivity contribution is 6.36. The molecule has 1 spiro atoms. The number of aryl methyl sites for hydroxylation is 1. The van der Waals surface area contributed by atoms with Gasteiger partial charge in [-0.2, -0.15) is 0 Å². The Morgan fingerprint density at radius 3 is 2.48 bits per heavy atom. The summed E-state index contributed by atoms with van der Waals surface area (Å²) in [6, 6.07) is 12.8. The van der Waals surface area contributed by atoms with Crippen LogP contribution in [-0.4, -0.2) is 18.0 Å². The van der Waals surface area contributed by atoms with E-state index in [0.717, 1.165) is 17.9 Å². The van der Waals surface area contributed by atoms with Crippen LogP contribution in [-0.2, 0) is 6.42 Å². The molecule has 1 heterocycles. The highest BCUT2D eigenvalue weighted by atomic mass is 35.5. The second-order valence-electron chi connectivity index (χ2n) is 8.73. The summed E-state index contributed by atoms with van der Waals surface area (Å²) in [5.41, 5.74) is 5.39. The predicted octanol–water partition coefficient (Wildman–Crippen LogP) is 6.11. The number of hydrogen-bond acceptors (Lipinski definition) is 1. The van der Waals surface area contributed by atoms with Crippen molar-refractivity contribution in [2.45, 2.75) is 38.6 Å². The maximum atomic E-state index is 6.22. The molecular formula is C24H23Cl2N. The van der Waals surface area contributed by atoms with Crippen LogP contribution in [0.3, 0.4) is 0 Å². The molecule has 0 N–H and O–H groups in total. The van der Waals surface area contributed by atoms with Crippen LogP contribution in [0.2, 0.25) is 10.0 Å². The molecule has 0 amide bonds. The fraction of sp³-hybridized carbons (Fsp3) is 0.417. The first-order valence-electron chi connectivity index (χ1n) is 9.86. The van der Waals surface area contributed by atoms with Gasteiger partial charge in [0.05, 0.1) is 15.6 Å². The molecule has 0 radical (unpaired) electrons. The monoisotopic (exact) mass is 395 g/mol. The van der Waals surface area contributed by atoms with Crippen molar-refractivity contribution in [1.82, 2.24) is 4.90 Å². The number of halogens is 2. The highest BCUT2D eigenvalue weighted by Crippen LogP contribution is 2.55. The quantitative estimate of drug-likeness (QED) is 0.526. The van der Waals surface area contributed by atoms with Crippen LogP contribution in [0.25, 0.3) is 0 Å². The van der Waals surface area contributed by atoms with E-state index in [2.05, 4.69) is 41.9 Å². The molecule has 1 aliphatic heterocycles. The molecule has 3 aliphatic rings. The fourth-order valence-electron chi connectivity index (χ4n) is 5.52. The van der Waals surface area contributed by atoms with Gasteiger partial charge in [0, 0.05) is 24.7 Å². The summed E-state index contributed by atoms with van der Waals surface area (Å²) in [6.45, 7) is 4.99. The van der Waals surface area contributed by atoms with E-state index in [4.69, 9.17) is 23.2 Å². The summed E-state index contributed by atoms with van der Waals surface area (Å²) in [5, 5.41) is 1.21. The second kappa shape index (κ2) is 6.56.